The van der Waals surface area contributed by atoms with Crippen LogP contribution in [-0.4, -0.2) is 20.2 Å². The van der Waals surface area contributed by atoms with Crippen molar-refractivity contribution in [1.29, 1.82) is 0 Å². The number of hydrogen-bond acceptors (Lipinski definition) is 2. The van der Waals surface area contributed by atoms with E-state index in [1.807, 2.05) is 6.07 Å². The molecule has 118 valence electrons. The maximum Gasteiger partial charge on any atom is 0.119 e. The number of ether oxygens (including phenoxy) is 1. The summed E-state index contributed by atoms with van der Waals surface area (Å²) in [5.74, 6) is 0.920. The maximum absolute atomic E-state index is 5.30. The molecule has 1 N–H and O–H groups in total. The molecular formula is C20H27NO. The summed E-state index contributed by atoms with van der Waals surface area (Å²) >= 11 is 0. The third-order valence-electron chi connectivity index (χ3n) is 3.93. The summed E-state index contributed by atoms with van der Waals surface area (Å²) < 4.78 is 5.30. The summed E-state index contributed by atoms with van der Waals surface area (Å²) in [4.78, 5) is 0. The second kappa shape index (κ2) is 8.60. The van der Waals surface area contributed by atoms with E-state index in [9.17, 15) is 0 Å². The molecule has 0 aliphatic rings. The second-order valence-corrected chi connectivity index (χ2v) is 5.92. The highest BCUT2D eigenvalue weighted by molar-refractivity contribution is 5.87. The summed E-state index contributed by atoms with van der Waals surface area (Å²) in [6.07, 6.45) is 4.58. The van der Waals surface area contributed by atoms with Gasteiger partial charge in [0.25, 0.3) is 0 Å². The molecule has 0 radical (unpaired) electrons. The van der Waals surface area contributed by atoms with Crippen LogP contribution in [0.3, 0.4) is 0 Å². The van der Waals surface area contributed by atoms with Crippen LogP contribution in [0.4, 0.5) is 0 Å². The van der Waals surface area contributed by atoms with Gasteiger partial charge in [-0.05, 0) is 74.2 Å². The monoisotopic (exact) mass is 297 g/mol. The molecular weight excluding hydrogens is 270 g/mol. The first-order valence-electron chi connectivity index (χ1n) is 8.11. The molecule has 0 bridgehead atoms. The van der Waals surface area contributed by atoms with Crippen molar-refractivity contribution in [3.8, 4) is 5.75 Å². The largest absolute Gasteiger partial charge is 0.497 e. The van der Waals surface area contributed by atoms with Gasteiger partial charge in [0.05, 0.1) is 7.11 Å². The highest BCUT2D eigenvalue weighted by atomic mass is 16.5. The first-order valence-corrected chi connectivity index (χ1v) is 8.11. The fraction of sp³-hybridized carbons (Fsp3) is 0.400. The molecule has 0 atom stereocenters. The molecule has 0 aliphatic heterocycles. The zero-order valence-electron chi connectivity index (χ0n) is 13.8. The number of allylic oxidation sites excluding steroid dienone is 1. The van der Waals surface area contributed by atoms with Gasteiger partial charge in [-0.2, -0.15) is 0 Å². The average molecular weight is 297 g/mol. The molecule has 0 unspecified atom stereocenters. The average Bonchev–Trinajstić information content (AvgIpc) is 2.53. The fourth-order valence-corrected chi connectivity index (χ4v) is 2.72. The van der Waals surface area contributed by atoms with Crippen molar-refractivity contribution in [3.05, 3.63) is 54.1 Å². The molecule has 0 aromatic heterocycles. The molecule has 2 aromatic rings. The van der Waals surface area contributed by atoms with Crippen LogP contribution in [0.5, 0.6) is 5.75 Å². The fourth-order valence-electron chi connectivity index (χ4n) is 2.72. The zero-order chi connectivity index (χ0) is 15.8. The Morgan fingerprint density at radius 1 is 1.14 bits per heavy atom. The predicted molar refractivity (Wildman–Crippen MR) is 95.7 cm³/mol. The van der Waals surface area contributed by atoms with Gasteiger partial charge < -0.3 is 10.1 Å². The van der Waals surface area contributed by atoms with Crippen molar-refractivity contribution < 1.29 is 4.74 Å². The Morgan fingerprint density at radius 3 is 2.73 bits per heavy atom. The number of benzene rings is 2. The van der Waals surface area contributed by atoms with Gasteiger partial charge in [-0.25, -0.2) is 0 Å². The third-order valence-corrected chi connectivity index (χ3v) is 3.93. The van der Waals surface area contributed by atoms with Crippen LogP contribution >= 0.6 is 0 Å². The van der Waals surface area contributed by atoms with Crippen LogP contribution in [0.2, 0.25) is 0 Å². The third kappa shape index (κ3) is 4.88. The van der Waals surface area contributed by atoms with Gasteiger partial charge in [0.2, 0.25) is 0 Å². The van der Waals surface area contributed by atoms with Gasteiger partial charge in [-0.15, -0.1) is 6.58 Å². The molecule has 0 saturated carbocycles. The molecule has 2 heteroatoms. The van der Waals surface area contributed by atoms with Gasteiger partial charge in [-0.1, -0.05) is 29.8 Å². The number of fused-ring (bicyclic) bond motifs is 1. The van der Waals surface area contributed by atoms with Gasteiger partial charge in [-0.3, -0.25) is 0 Å². The number of rotatable bonds is 9. The summed E-state index contributed by atoms with van der Waals surface area (Å²) in [6.45, 7) is 8.18. The highest BCUT2D eigenvalue weighted by Crippen LogP contribution is 2.24. The van der Waals surface area contributed by atoms with Gasteiger partial charge in [0.1, 0.15) is 5.75 Å². The second-order valence-electron chi connectivity index (χ2n) is 5.92. The molecule has 0 spiro atoms. The molecule has 2 rings (SSSR count). The molecule has 22 heavy (non-hydrogen) atoms. The van der Waals surface area contributed by atoms with E-state index in [1.54, 1.807) is 7.11 Å². The van der Waals surface area contributed by atoms with E-state index in [4.69, 9.17) is 4.74 Å². The van der Waals surface area contributed by atoms with E-state index >= 15 is 0 Å². The number of nitrogens with one attached hydrogen (secondary N) is 1. The van der Waals surface area contributed by atoms with Crippen LogP contribution in [0.15, 0.2) is 48.6 Å². The van der Waals surface area contributed by atoms with E-state index in [0.717, 1.165) is 38.1 Å². The van der Waals surface area contributed by atoms with Crippen LogP contribution in [0.25, 0.3) is 10.8 Å². The van der Waals surface area contributed by atoms with E-state index < -0.39 is 0 Å². The topological polar surface area (TPSA) is 21.3 Å². The van der Waals surface area contributed by atoms with Crippen LogP contribution in [-0.2, 0) is 6.42 Å². The highest BCUT2D eigenvalue weighted by Gasteiger charge is 2.02. The Morgan fingerprint density at radius 2 is 1.95 bits per heavy atom. The molecule has 0 aliphatic carbocycles. The number of aryl methyl sites for hydroxylation is 1. The van der Waals surface area contributed by atoms with Crippen molar-refractivity contribution in [3.63, 3.8) is 0 Å². The lowest BCUT2D eigenvalue weighted by atomic mass is 10.0. The molecule has 0 amide bonds. The van der Waals surface area contributed by atoms with Crippen molar-refractivity contribution in [1.82, 2.24) is 5.32 Å². The van der Waals surface area contributed by atoms with E-state index in [1.165, 1.54) is 28.3 Å². The number of hydrogen-bond donors (Lipinski definition) is 1. The van der Waals surface area contributed by atoms with Crippen molar-refractivity contribution in [2.75, 3.05) is 20.2 Å². The van der Waals surface area contributed by atoms with Crippen LogP contribution in [0, 0.1) is 0 Å². The summed E-state index contributed by atoms with van der Waals surface area (Å²) in [7, 11) is 1.71. The molecule has 2 aromatic carbocycles. The summed E-state index contributed by atoms with van der Waals surface area (Å²) in [5, 5.41) is 6.11. The lowest BCUT2D eigenvalue weighted by Crippen LogP contribution is -2.17. The SMILES string of the molecule is C=C(C)CCCNCCCc1cccc2cc(OC)ccc12. The Kier molecular flexibility index (Phi) is 6.47. The van der Waals surface area contributed by atoms with E-state index in [-0.39, 0.29) is 0 Å². The first-order chi connectivity index (χ1) is 10.7. The van der Waals surface area contributed by atoms with Gasteiger partial charge in [0, 0.05) is 0 Å². The Balaban J connectivity index is 1.83. The maximum atomic E-state index is 5.30. The zero-order valence-corrected chi connectivity index (χ0v) is 13.8. The molecule has 0 heterocycles. The minimum Gasteiger partial charge on any atom is -0.497 e. The smallest absolute Gasteiger partial charge is 0.119 e. The lowest BCUT2D eigenvalue weighted by Gasteiger charge is -2.09. The standard InChI is InChI=1S/C20H27NO/c1-16(2)7-5-13-21-14-6-10-17-8-4-9-18-15-19(22-3)11-12-20(17)18/h4,8-9,11-12,15,21H,1,5-7,10,13-14H2,2-3H3. The minimum absolute atomic E-state index is 0.920. The summed E-state index contributed by atoms with van der Waals surface area (Å²) in [5.41, 5.74) is 2.69. The quantitative estimate of drug-likeness (QED) is 0.534. The molecule has 2 nitrogen and oxygen atoms in total. The summed E-state index contributed by atoms with van der Waals surface area (Å²) in [6, 6.07) is 12.8. The number of methoxy groups -OCH3 is 1. The van der Waals surface area contributed by atoms with Crippen molar-refractivity contribution in [2.45, 2.75) is 32.6 Å². The Labute approximate surface area is 134 Å². The van der Waals surface area contributed by atoms with Gasteiger partial charge in [0.15, 0.2) is 0 Å². The van der Waals surface area contributed by atoms with Crippen molar-refractivity contribution in [2.24, 2.45) is 0 Å². The minimum atomic E-state index is 0.920. The normalized spacial score (nSPS) is 10.8. The lowest BCUT2D eigenvalue weighted by molar-refractivity contribution is 0.415. The Hall–Kier alpha value is -1.80. The predicted octanol–water partition coefficient (Wildman–Crippen LogP) is 4.73. The van der Waals surface area contributed by atoms with Gasteiger partial charge >= 0.3 is 0 Å². The molecule has 0 fully saturated rings. The van der Waals surface area contributed by atoms with Crippen molar-refractivity contribution >= 4 is 10.8 Å². The van der Waals surface area contributed by atoms with Crippen LogP contribution < -0.4 is 10.1 Å². The van der Waals surface area contributed by atoms with E-state index in [0.29, 0.717) is 0 Å². The first kappa shape index (κ1) is 16.6. The van der Waals surface area contributed by atoms with Crippen LogP contribution in [0.1, 0.15) is 31.7 Å². The Bertz CT molecular complexity index is 618. The van der Waals surface area contributed by atoms with E-state index in [2.05, 4.69) is 49.2 Å². The molecule has 0 saturated heterocycles.